The van der Waals surface area contributed by atoms with Crippen LogP contribution in [0.2, 0.25) is 0 Å². The van der Waals surface area contributed by atoms with E-state index in [9.17, 15) is 0 Å². The van der Waals surface area contributed by atoms with Gasteiger partial charge >= 0.3 is 0 Å². The van der Waals surface area contributed by atoms with Crippen molar-refractivity contribution >= 4 is 5.84 Å². The molecule has 112 valence electrons. The largest absolute Gasteiger partial charge is 0.491 e. The Labute approximate surface area is 121 Å². The Balaban J connectivity index is 2.67. The van der Waals surface area contributed by atoms with Crippen molar-refractivity contribution in [2.24, 2.45) is 10.9 Å². The lowest BCUT2D eigenvalue weighted by Crippen LogP contribution is -2.39. The number of nitrogens with zero attached hydrogens (tertiary/aromatic N) is 2. The molecule has 0 bridgehead atoms. The van der Waals surface area contributed by atoms with E-state index in [1.807, 2.05) is 18.2 Å². The highest BCUT2D eigenvalue weighted by Crippen LogP contribution is 2.17. The summed E-state index contributed by atoms with van der Waals surface area (Å²) in [5.41, 5.74) is 6.24. The number of hydrogen-bond acceptors (Lipinski definition) is 4. The quantitative estimate of drug-likeness (QED) is 0.348. The zero-order valence-electron chi connectivity index (χ0n) is 12.7. The Morgan fingerprint density at radius 2 is 1.85 bits per heavy atom. The molecule has 0 spiro atoms. The van der Waals surface area contributed by atoms with Gasteiger partial charge in [0.15, 0.2) is 5.84 Å². The zero-order chi connectivity index (χ0) is 15.1. The van der Waals surface area contributed by atoms with Gasteiger partial charge in [0, 0.05) is 18.6 Å². The van der Waals surface area contributed by atoms with Crippen LogP contribution in [0.1, 0.15) is 33.3 Å². The second-order valence-electron chi connectivity index (χ2n) is 5.26. The smallest absolute Gasteiger partial charge is 0.173 e. The maximum absolute atomic E-state index is 8.77. The molecule has 0 saturated carbocycles. The number of ether oxygens (including phenoxy) is 1. The van der Waals surface area contributed by atoms with Gasteiger partial charge in [-0.1, -0.05) is 17.3 Å². The summed E-state index contributed by atoms with van der Waals surface area (Å²) < 4.78 is 5.78. The summed E-state index contributed by atoms with van der Waals surface area (Å²) in [7, 11) is 0. The van der Waals surface area contributed by atoms with E-state index in [4.69, 9.17) is 15.7 Å². The fraction of sp³-hybridized carbons (Fsp3) is 0.533. The number of rotatable bonds is 7. The minimum Gasteiger partial charge on any atom is -0.491 e. The average molecular weight is 279 g/mol. The van der Waals surface area contributed by atoms with Crippen LogP contribution >= 0.6 is 0 Å². The molecule has 0 aliphatic heterocycles. The van der Waals surface area contributed by atoms with Gasteiger partial charge in [0.25, 0.3) is 0 Å². The molecule has 0 heterocycles. The predicted octanol–water partition coefficient (Wildman–Crippen LogP) is 2.28. The number of nitrogens with two attached hydrogens (primary N) is 1. The lowest BCUT2D eigenvalue weighted by atomic mass is 10.2. The molecule has 0 unspecified atom stereocenters. The summed E-state index contributed by atoms with van der Waals surface area (Å²) in [5, 5.41) is 11.8. The molecule has 0 saturated heterocycles. The third-order valence-corrected chi connectivity index (χ3v) is 3.20. The molecule has 0 radical (unpaired) electrons. The van der Waals surface area contributed by atoms with Crippen LogP contribution in [-0.4, -0.2) is 41.2 Å². The van der Waals surface area contributed by atoms with Gasteiger partial charge in [0.1, 0.15) is 12.4 Å². The monoisotopic (exact) mass is 279 g/mol. The molecule has 0 fully saturated rings. The van der Waals surface area contributed by atoms with Crippen molar-refractivity contribution in [3.05, 3.63) is 29.8 Å². The van der Waals surface area contributed by atoms with Crippen LogP contribution in [0.5, 0.6) is 5.75 Å². The summed E-state index contributed by atoms with van der Waals surface area (Å²) in [6.45, 7) is 10.1. The molecular formula is C15H25N3O2. The van der Waals surface area contributed by atoms with E-state index >= 15 is 0 Å². The number of hydrogen-bond donors (Lipinski definition) is 2. The topological polar surface area (TPSA) is 71.1 Å². The van der Waals surface area contributed by atoms with Crippen LogP contribution in [0.15, 0.2) is 29.4 Å². The fourth-order valence-electron chi connectivity index (χ4n) is 2.23. The van der Waals surface area contributed by atoms with Crippen molar-refractivity contribution in [1.82, 2.24) is 4.90 Å². The van der Waals surface area contributed by atoms with E-state index in [-0.39, 0.29) is 5.84 Å². The Kier molecular flexibility index (Phi) is 6.31. The van der Waals surface area contributed by atoms with E-state index in [1.54, 1.807) is 6.07 Å². The van der Waals surface area contributed by atoms with Crippen LogP contribution < -0.4 is 10.5 Å². The van der Waals surface area contributed by atoms with Crippen molar-refractivity contribution in [3.63, 3.8) is 0 Å². The normalized spacial score (nSPS) is 12.4. The van der Waals surface area contributed by atoms with Crippen LogP contribution in [0.25, 0.3) is 0 Å². The molecule has 0 aromatic heterocycles. The number of benzene rings is 1. The molecular weight excluding hydrogens is 254 g/mol. The number of amidine groups is 1. The molecule has 0 amide bonds. The molecule has 0 aliphatic rings. The van der Waals surface area contributed by atoms with E-state index in [1.165, 1.54) is 0 Å². The van der Waals surface area contributed by atoms with Gasteiger partial charge in [-0.2, -0.15) is 0 Å². The fourth-order valence-corrected chi connectivity index (χ4v) is 2.23. The van der Waals surface area contributed by atoms with Crippen molar-refractivity contribution in [1.29, 1.82) is 0 Å². The minimum absolute atomic E-state index is 0.0603. The first-order valence-corrected chi connectivity index (χ1v) is 6.92. The summed E-state index contributed by atoms with van der Waals surface area (Å²) in [6, 6.07) is 8.23. The maximum atomic E-state index is 8.77. The van der Waals surface area contributed by atoms with Crippen molar-refractivity contribution < 1.29 is 9.94 Å². The van der Waals surface area contributed by atoms with E-state index in [0.717, 1.165) is 6.54 Å². The Morgan fingerprint density at radius 3 is 2.40 bits per heavy atom. The lowest BCUT2D eigenvalue weighted by Gasteiger charge is -2.30. The van der Waals surface area contributed by atoms with Gasteiger partial charge in [0.2, 0.25) is 0 Å². The van der Waals surface area contributed by atoms with Crippen LogP contribution in [0, 0.1) is 0 Å². The molecule has 0 atom stereocenters. The third kappa shape index (κ3) is 4.42. The second kappa shape index (κ2) is 7.75. The first kappa shape index (κ1) is 16.3. The van der Waals surface area contributed by atoms with Crippen molar-refractivity contribution in [2.75, 3.05) is 13.2 Å². The standard InChI is InChI=1S/C15H25N3O2/c1-11(2)18(12(3)4)9-10-20-14-8-6-5-7-13(14)15(16)17-19/h5-8,11-12,19H,9-10H2,1-4H3,(H2,16,17). The van der Waals surface area contributed by atoms with Crippen molar-refractivity contribution in [2.45, 2.75) is 39.8 Å². The highest BCUT2D eigenvalue weighted by atomic mass is 16.5. The Bertz CT molecular complexity index is 436. The van der Waals surface area contributed by atoms with Gasteiger partial charge in [-0.15, -0.1) is 0 Å². The molecule has 1 aromatic rings. The predicted molar refractivity (Wildman–Crippen MR) is 81.4 cm³/mol. The van der Waals surface area contributed by atoms with E-state index < -0.39 is 0 Å². The molecule has 20 heavy (non-hydrogen) atoms. The summed E-state index contributed by atoms with van der Waals surface area (Å²) in [5.74, 6) is 0.695. The van der Waals surface area contributed by atoms with Crippen molar-refractivity contribution in [3.8, 4) is 5.75 Å². The highest BCUT2D eigenvalue weighted by Gasteiger charge is 2.14. The van der Waals surface area contributed by atoms with Gasteiger partial charge < -0.3 is 15.7 Å². The molecule has 3 N–H and O–H groups in total. The van der Waals surface area contributed by atoms with E-state index in [0.29, 0.717) is 30.0 Å². The van der Waals surface area contributed by atoms with Crippen LogP contribution in [0.4, 0.5) is 0 Å². The third-order valence-electron chi connectivity index (χ3n) is 3.20. The lowest BCUT2D eigenvalue weighted by molar-refractivity contribution is 0.142. The minimum atomic E-state index is 0.0603. The second-order valence-corrected chi connectivity index (χ2v) is 5.26. The van der Waals surface area contributed by atoms with Crippen LogP contribution in [0.3, 0.4) is 0 Å². The van der Waals surface area contributed by atoms with E-state index in [2.05, 4.69) is 37.8 Å². The van der Waals surface area contributed by atoms with Gasteiger partial charge in [0.05, 0.1) is 5.56 Å². The Hall–Kier alpha value is -1.75. The average Bonchev–Trinajstić information content (AvgIpc) is 2.42. The summed E-state index contributed by atoms with van der Waals surface area (Å²) >= 11 is 0. The molecule has 5 heteroatoms. The molecule has 1 rings (SSSR count). The van der Waals surface area contributed by atoms with Gasteiger partial charge in [-0.25, -0.2) is 0 Å². The first-order valence-electron chi connectivity index (χ1n) is 6.92. The highest BCUT2D eigenvalue weighted by molar-refractivity contribution is 5.99. The molecule has 5 nitrogen and oxygen atoms in total. The Morgan fingerprint density at radius 1 is 1.25 bits per heavy atom. The zero-order valence-corrected chi connectivity index (χ0v) is 12.7. The summed E-state index contributed by atoms with van der Waals surface area (Å²) in [6.07, 6.45) is 0. The van der Waals surface area contributed by atoms with Gasteiger partial charge in [-0.3, -0.25) is 4.90 Å². The van der Waals surface area contributed by atoms with Crippen LogP contribution in [-0.2, 0) is 0 Å². The first-order chi connectivity index (χ1) is 9.47. The number of oxime groups is 1. The number of para-hydroxylation sites is 1. The molecule has 0 aliphatic carbocycles. The maximum Gasteiger partial charge on any atom is 0.173 e. The summed E-state index contributed by atoms with van der Waals surface area (Å²) in [4.78, 5) is 2.35. The SMILES string of the molecule is CC(C)N(CCOc1ccccc1/C(N)=N/O)C(C)C. The molecule has 1 aromatic carbocycles. The van der Waals surface area contributed by atoms with Gasteiger partial charge in [-0.05, 0) is 39.8 Å².